The van der Waals surface area contributed by atoms with E-state index in [1.807, 2.05) is 68.4 Å². The van der Waals surface area contributed by atoms with Crippen LogP contribution in [0.25, 0.3) is 11.1 Å². The molecule has 0 spiro atoms. The summed E-state index contributed by atoms with van der Waals surface area (Å²) in [7, 11) is 0. The Morgan fingerprint density at radius 3 is 2.14 bits per heavy atom. The lowest BCUT2D eigenvalue weighted by atomic mass is 9.98. The molecule has 3 N–H and O–H groups in total. The molecule has 1 aliphatic carbocycles. The molecule has 0 bridgehead atoms. The van der Waals surface area contributed by atoms with E-state index in [1.54, 1.807) is 0 Å². The fraction of sp³-hybridized carbons (Fsp3) is 0.333. The molecule has 0 aliphatic heterocycles. The maximum Gasteiger partial charge on any atom is 0.407 e. The lowest BCUT2D eigenvalue weighted by molar-refractivity contribution is -0.113. The molecular formula is C30H34N2O4S. The third kappa shape index (κ3) is 6.60. The molecule has 37 heavy (non-hydrogen) atoms. The summed E-state index contributed by atoms with van der Waals surface area (Å²) in [6.45, 7) is 3.99. The highest BCUT2D eigenvalue weighted by Gasteiger charge is 2.31. The number of hydrogen-bond acceptors (Lipinski definition) is 6. The van der Waals surface area contributed by atoms with Gasteiger partial charge in [0, 0.05) is 12.0 Å². The Morgan fingerprint density at radius 2 is 1.54 bits per heavy atom. The van der Waals surface area contributed by atoms with Crippen LogP contribution in [-0.4, -0.2) is 41.6 Å². The van der Waals surface area contributed by atoms with Crippen molar-refractivity contribution >= 4 is 23.2 Å². The van der Waals surface area contributed by atoms with Gasteiger partial charge in [-0.1, -0.05) is 99.1 Å². The number of aliphatic hydroxyl groups excluding tert-OH is 1. The number of alkyl carbamates (subject to hydrolysis) is 1. The van der Waals surface area contributed by atoms with E-state index in [0.29, 0.717) is 12.8 Å². The molecule has 0 unspecified atom stereocenters. The van der Waals surface area contributed by atoms with E-state index < -0.39 is 12.1 Å². The highest BCUT2D eigenvalue weighted by atomic mass is 32.2. The van der Waals surface area contributed by atoms with E-state index in [0.717, 1.165) is 39.8 Å². The molecule has 0 saturated heterocycles. The topological polar surface area (TPSA) is 87.7 Å². The first-order valence-electron chi connectivity index (χ1n) is 12.7. The van der Waals surface area contributed by atoms with E-state index in [-0.39, 0.29) is 36.2 Å². The summed E-state index contributed by atoms with van der Waals surface area (Å²) in [5.41, 5.74) is 5.67. The van der Waals surface area contributed by atoms with Crippen LogP contribution in [0.4, 0.5) is 4.79 Å². The van der Waals surface area contributed by atoms with Crippen molar-refractivity contribution in [1.82, 2.24) is 10.0 Å². The van der Waals surface area contributed by atoms with E-state index in [2.05, 4.69) is 34.3 Å². The monoisotopic (exact) mass is 518 g/mol. The molecule has 0 radical (unpaired) electrons. The largest absolute Gasteiger partial charge is 0.449 e. The molecule has 1 aliphatic rings. The number of aliphatic hydroxyl groups is 1. The van der Waals surface area contributed by atoms with E-state index in [4.69, 9.17) is 4.74 Å². The summed E-state index contributed by atoms with van der Waals surface area (Å²) >= 11 is 0.928. The summed E-state index contributed by atoms with van der Waals surface area (Å²) < 4.78 is 8.74. The van der Waals surface area contributed by atoms with Crippen LogP contribution < -0.4 is 10.0 Å². The van der Waals surface area contributed by atoms with E-state index in [1.165, 1.54) is 0 Å². The van der Waals surface area contributed by atoms with Gasteiger partial charge in [-0.05, 0) is 52.1 Å². The Labute approximate surface area is 223 Å². The van der Waals surface area contributed by atoms with Gasteiger partial charge in [-0.15, -0.1) is 0 Å². The SMILES string of the molecule is CC[C@H](C)[C@H](NC(=O)OCC1c2ccccc2-c2ccccc21)C(=O)SN[C@H](CO)Cc1ccccc1. The van der Waals surface area contributed by atoms with Crippen LogP contribution >= 0.6 is 11.9 Å². The minimum absolute atomic E-state index is 0.0461. The van der Waals surface area contributed by atoms with Gasteiger partial charge in [-0.2, -0.15) is 0 Å². The second-order valence-corrected chi connectivity index (χ2v) is 10.3. The van der Waals surface area contributed by atoms with Crippen molar-refractivity contribution in [2.45, 2.75) is 44.7 Å². The van der Waals surface area contributed by atoms with Crippen molar-refractivity contribution in [3.05, 3.63) is 95.6 Å². The lowest BCUT2D eigenvalue weighted by Crippen LogP contribution is -2.46. The Bertz CT molecular complexity index is 1160. The third-order valence-electron chi connectivity index (χ3n) is 6.96. The zero-order valence-corrected chi connectivity index (χ0v) is 22.0. The molecular weight excluding hydrogens is 484 g/mol. The Balaban J connectivity index is 1.35. The van der Waals surface area contributed by atoms with E-state index >= 15 is 0 Å². The summed E-state index contributed by atoms with van der Waals surface area (Å²) in [6, 6.07) is 25.1. The summed E-state index contributed by atoms with van der Waals surface area (Å²) in [6.07, 6.45) is 0.698. The molecule has 3 aromatic rings. The number of nitrogens with one attached hydrogen (secondary N) is 2. The van der Waals surface area contributed by atoms with Crippen molar-refractivity contribution in [2.24, 2.45) is 5.92 Å². The molecule has 3 aromatic carbocycles. The first-order valence-corrected chi connectivity index (χ1v) is 13.6. The summed E-state index contributed by atoms with van der Waals surface area (Å²) in [5.74, 6) is -0.126. The van der Waals surface area contributed by atoms with Gasteiger partial charge in [-0.25, -0.2) is 4.79 Å². The Morgan fingerprint density at radius 1 is 0.946 bits per heavy atom. The zero-order chi connectivity index (χ0) is 26.2. The quantitative estimate of drug-likeness (QED) is 0.298. The average Bonchev–Trinajstić information content (AvgIpc) is 3.26. The molecule has 0 heterocycles. The van der Waals surface area contributed by atoms with Gasteiger partial charge in [0.2, 0.25) is 5.12 Å². The minimum atomic E-state index is -0.714. The molecule has 1 amide bonds. The van der Waals surface area contributed by atoms with Gasteiger partial charge in [0.25, 0.3) is 0 Å². The molecule has 0 fully saturated rings. The molecule has 194 valence electrons. The highest BCUT2D eigenvalue weighted by molar-refractivity contribution is 8.12. The molecule has 4 rings (SSSR count). The van der Waals surface area contributed by atoms with Crippen LogP contribution in [0.5, 0.6) is 0 Å². The van der Waals surface area contributed by atoms with Crippen LogP contribution in [0, 0.1) is 5.92 Å². The van der Waals surface area contributed by atoms with Crippen LogP contribution in [0.3, 0.4) is 0 Å². The van der Waals surface area contributed by atoms with Crippen LogP contribution in [0.2, 0.25) is 0 Å². The van der Waals surface area contributed by atoms with Gasteiger partial charge >= 0.3 is 6.09 Å². The Kier molecular flexibility index (Phi) is 9.39. The highest BCUT2D eigenvalue weighted by Crippen LogP contribution is 2.44. The average molecular weight is 519 g/mol. The van der Waals surface area contributed by atoms with Crippen molar-refractivity contribution in [3.8, 4) is 11.1 Å². The van der Waals surface area contributed by atoms with Gasteiger partial charge in [0.1, 0.15) is 12.6 Å². The molecule has 0 aromatic heterocycles. The number of rotatable bonds is 11. The number of carbonyl (C=O) groups is 2. The third-order valence-corrected chi connectivity index (χ3v) is 7.86. The second-order valence-electron chi connectivity index (χ2n) is 9.44. The smallest absolute Gasteiger partial charge is 0.407 e. The Hall–Kier alpha value is -3.13. The second kappa shape index (κ2) is 12.9. The number of carbonyl (C=O) groups excluding carboxylic acids is 2. The molecule has 6 nitrogen and oxygen atoms in total. The molecule has 7 heteroatoms. The fourth-order valence-corrected chi connectivity index (χ4v) is 5.54. The predicted molar refractivity (Wildman–Crippen MR) is 148 cm³/mol. The maximum atomic E-state index is 13.1. The van der Waals surface area contributed by atoms with Crippen molar-refractivity contribution in [3.63, 3.8) is 0 Å². The molecule has 3 atom stereocenters. The maximum absolute atomic E-state index is 13.1. The van der Waals surface area contributed by atoms with Gasteiger partial charge in [-0.3, -0.25) is 9.52 Å². The van der Waals surface area contributed by atoms with Crippen molar-refractivity contribution in [2.75, 3.05) is 13.2 Å². The number of hydrogen-bond donors (Lipinski definition) is 3. The molecule has 0 saturated carbocycles. The lowest BCUT2D eigenvalue weighted by Gasteiger charge is -2.24. The standard InChI is InChI=1S/C30H34N2O4S/c1-3-20(2)28(29(34)37-32-22(18-33)17-21-11-5-4-6-12-21)31-30(35)36-19-27-25-15-9-7-13-23(25)24-14-8-10-16-26(24)27/h4-16,20,22,27-28,32-33H,3,17-19H2,1-2H3,(H,31,35)/t20-,22-,28-/m0/s1. The predicted octanol–water partition coefficient (Wildman–Crippen LogP) is 5.31. The fourth-order valence-electron chi connectivity index (χ4n) is 4.68. The van der Waals surface area contributed by atoms with Crippen LogP contribution in [0.1, 0.15) is 42.9 Å². The van der Waals surface area contributed by atoms with Crippen molar-refractivity contribution in [1.29, 1.82) is 0 Å². The van der Waals surface area contributed by atoms with E-state index in [9.17, 15) is 14.7 Å². The summed E-state index contributed by atoms with van der Waals surface area (Å²) in [5, 5.41) is 12.4. The summed E-state index contributed by atoms with van der Waals surface area (Å²) in [4.78, 5) is 25.9. The van der Waals surface area contributed by atoms with Gasteiger partial charge in [0.05, 0.1) is 6.61 Å². The minimum Gasteiger partial charge on any atom is -0.449 e. The van der Waals surface area contributed by atoms with Crippen LogP contribution in [-0.2, 0) is 16.0 Å². The number of amides is 1. The van der Waals surface area contributed by atoms with Crippen LogP contribution in [0.15, 0.2) is 78.9 Å². The number of fused-ring (bicyclic) bond motifs is 3. The first-order chi connectivity index (χ1) is 18.0. The number of benzene rings is 3. The van der Waals surface area contributed by atoms with Gasteiger partial charge < -0.3 is 15.2 Å². The zero-order valence-electron chi connectivity index (χ0n) is 21.2. The number of ether oxygens (including phenoxy) is 1. The van der Waals surface area contributed by atoms with Gasteiger partial charge in [0.15, 0.2) is 0 Å². The normalized spacial score (nSPS) is 14.8. The first kappa shape index (κ1) is 26.9. The van der Waals surface area contributed by atoms with Crippen molar-refractivity contribution < 1.29 is 19.4 Å².